The molecule has 1 N–H and O–H groups in total. The summed E-state index contributed by atoms with van der Waals surface area (Å²) in [6.07, 6.45) is 3.77. The molecule has 0 radical (unpaired) electrons. The summed E-state index contributed by atoms with van der Waals surface area (Å²) in [6, 6.07) is 8.09. The van der Waals surface area contributed by atoms with Crippen LogP contribution in [0.4, 0.5) is 11.4 Å². The lowest BCUT2D eigenvalue weighted by atomic mass is 10.1. The Morgan fingerprint density at radius 1 is 1.20 bits per heavy atom. The number of hydrogen-bond acceptors (Lipinski definition) is 2. The van der Waals surface area contributed by atoms with Crippen LogP contribution in [0.1, 0.15) is 33.1 Å². The van der Waals surface area contributed by atoms with Gasteiger partial charge in [-0.1, -0.05) is 41.9 Å². The van der Waals surface area contributed by atoms with E-state index < -0.39 is 0 Å². The highest BCUT2D eigenvalue weighted by molar-refractivity contribution is 9.10. The van der Waals surface area contributed by atoms with Crippen molar-refractivity contribution in [2.45, 2.75) is 37.9 Å². The first-order valence-electron chi connectivity index (χ1n) is 7.38. The number of rotatable bonds is 4. The minimum Gasteiger partial charge on any atom is -0.370 e. The number of nitrogens with zero attached hydrogens (tertiary/aromatic N) is 1. The molecular weight excluding hydrogens is 316 g/mol. The molecular formula is C16H23BrN2O. The van der Waals surface area contributed by atoms with Crippen molar-refractivity contribution in [3.63, 3.8) is 0 Å². The van der Waals surface area contributed by atoms with E-state index in [0.29, 0.717) is 0 Å². The summed E-state index contributed by atoms with van der Waals surface area (Å²) < 4.78 is 0. The van der Waals surface area contributed by atoms with Gasteiger partial charge in [-0.25, -0.2) is 0 Å². The number of hydrogen-bond donors (Lipinski definition) is 1. The van der Waals surface area contributed by atoms with Gasteiger partial charge in [-0.15, -0.1) is 0 Å². The van der Waals surface area contributed by atoms with Crippen LogP contribution in [0.3, 0.4) is 0 Å². The topological polar surface area (TPSA) is 32.3 Å². The Kier molecular flexibility index (Phi) is 5.46. The highest BCUT2D eigenvalue weighted by atomic mass is 79.9. The Balaban J connectivity index is 2.13. The number of carbonyl (C=O) groups excluding carboxylic acids is 1. The minimum atomic E-state index is -0.156. The number of amides is 1. The molecule has 1 unspecified atom stereocenters. The maximum Gasteiger partial charge on any atom is 0.238 e. The number of nitrogens with one attached hydrogen (secondary N) is 1. The van der Waals surface area contributed by atoms with Crippen molar-refractivity contribution >= 4 is 33.2 Å². The van der Waals surface area contributed by atoms with Crippen LogP contribution in [0.2, 0.25) is 0 Å². The third kappa shape index (κ3) is 3.75. The van der Waals surface area contributed by atoms with Crippen LogP contribution in [-0.2, 0) is 4.79 Å². The molecule has 4 heteroatoms. The van der Waals surface area contributed by atoms with Gasteiger partial charge in [0.2, 0.25) is 5.91 Å². The van der Waals surface area contributed by atoms with Crippen molar-refractivity contribution in [3.05, 3.63) is 24.3 Å². The highest BCUT2D eigenvalue weighted by Crippen LogP contribution is 2.29. The molecule has 3 nitrogen and oxygen atoms in total. The predicted octanol–water partition coefficient (Wildman–Crippen LogP) is 4.03. The zero-order valence-corrected chi connectivity index (χ0v) is 13.8. The lowest BCUT2D eigenvalue weighted by molar-refractivity contribution is -0.116. The quantitative estimate of drug-likeness (QED) is 0.840. The van der Waals surface area contributed by atoms with Crippen LogP contribution in [0, 0.1) is 5.92 Å². The van der Waals surface area contributed by atoms with Gasteiger partial charge in [0, 0.05) is 13.1 Å². The Labute approximate surface area is 129 Å². The highest BCUT2D eigenvalue weighted by Gasteiger charge is 2.21. The molecule has 2 rings (SSSR count). The largest absolute Gasteiger partial charge is 0.370 e. The molecule has 0 aliphatic carbocycles. The fraction of sp³-hybridized carbons (Fsp3) is 0.562. The van der Waals surface area contributed by atoms with E-state index >= 15 is 0 Å². The van der Waals surface area contributed by atoms with E-state index in [1.54, 1.807) is 0 Å². The second-order valence-electron chi connectivity index (χ2n) is 5.70. The maximum atomic E-state index is 12.2. The van der Waals surface area contributed by atoms with Crippen molar-refractivity contribution in [1.29, 1.82) is 0 Å². The molecule has 0 spiro atoms. The van der Waals surface area contributed by atoms with E-state index in [1.807, 2.05) is 32.0 Å². The van der Waals surface area contributed by atoms with E-state index in [1.165, 1.54) is 19.3 Å². The summed E-state index contributed by atoms with van der Waals surface area (Å²) in [5, 5.41) is 3.06. The molecule has 1 aromatic carbocycles. The van der Waals surface area contributed by atoms with Gasteiger partial charge in [0.1, 0.15) is 0 Å². The van der Waals surface area contributed by atoms with Gasteiger partial charge in [0.05, 0.1) is 16.2 Å². The number of anilines is 2. The summed E-state index contributed by atoms with van der Waals surface area (Å²) in [5.41, 5.74) is 2.06. The molecule has 1 aromatic rings. The molecule has 20 heavy (non-hydrogen) atoms. The van der Waals surface area contributed by atoms with Crippen molar-refractivity contribution < 1.29 is 4.79 Å². The molecule has 1 amide bonds. The number of halogens is 1. The molecule has 110 valence electrons. The zero-order chi connectivity index (χ0) is 14.5. The standard InChI is InChI=1S/C16H23BrN2O/c1-12(2)15(17)16(20)18-13-8-4-5-9-14(13)19-10-6-3-7-11-19/h4-5,8-9,12,15H,3,6-7,10-11H2,1-2H3,(H,18,20). The molecule has 0 aromatic heterocycles. The Bertz CT molecular complexity index is 456. The summed E-state index contributed by atoms with van der Waals surface area (Å²) in [7, 11) is 0. The van der Waals surface area contributed by atoms with Gasteiger partial charge in [0.15, 0.2) is 0 Å². The van der Waals surface area contributed by atoms with Crippen molar-refractivity contribution in [3.8, 4) is 0 Å². The number of para-hydroxylation sites is 2. The van der Waals surface area contributed by atoms with Gasteiger partial charge < -0.3 is 10.2 Å². The summed E-state index contributed by atoms with van der Waals surface area (Å²) in [5.74, 6) is 0.307. The number of piperidine rings is 1. The first-order chi connectivity index (χ1) is 9.59. The number of alkyl halides is 1. The van der Waals surface area contributed by atoms with Crippen LogP contribution in [-0.4, -0.2) is 23.8 Å². The minimum absolute atomic E-state index is 0.0319. The van der Waals surface area contributed by atoms with E-state index in [9.17, 15) is 4.79 Å². The van der Waals surface area contributed by atoms with Gasteiger partial charge >= 0.3 is 0 Å². The van der Waals surface area contributed by atoms with Gasteiger partial charge in [0.25, 0.3) is 0 Å². The SMILES string of the molecule is CC(C)C(Br)C(=O)Nc1ccccc1N1CCCCC1. The zero-order valence-electron chi connectivity index (χ0n) is 12.2. The molecule has 0 bridgehead atoms. The van der Waals surface area contributed by atoms with Gasteiger partial charge in [-0.3, -0.25) is 4.79 Å². The average molecular weight is 339 g/mol. The lowest BCUT2D eigenvalue weighted by Gasteiger charge is -2.30. The van der Waals surface area contributed by atoms with Crippen LogP contribution >= 0.6 is 15.9 Å². The van der Waals surface area contributed by atoms with Crippen LogP contribution < -0.4 is 10.2 Å². The monoisotopic (exact) mass is 338 g/mol. The molecule has 1 heterocycles. The van der Waals surface area contributed by atoms with Crippen LogP contribution in [0.15, 0.2) is 24.3 Å². The van der Waals surface area contributed by atoms with E-state index in [-0.39, 0.29) is 16.7 Å². The Hall–Kier alpha value is -1.03. The molecule has 1 aliphatic heterocycles. The van der Waals surface area contributed by atoms with Crippen molar-refractivity contribution in [2.75, 3.05) is 23.3 Å². The Morgan fingerprint density at radius 3 is 2.50 bits per heavy atom. The van der Waals surface area contributed by atoms with Crippen LogP contribution in [0.5, 0.6) is 0 Å². The number of carbonyl (C=O) groups is 1. The second-order valence-corrected chi connectivity index (χ2v) is 6.69. The maximum absolute atomic E-state index is 12.2. The number of benzene rings is 1. The van der Waals surface area contributed by atoms with Gasteiger partial charge in [-0.2, -0.15) is 0 Å². The fourth-order valence-corrected chi connectivity index (χ4v) is 2.61. The van der Waals surface area contributed by atoms with Crippen LogP contribution in [0.25, 0.3) is 0 Å². The summed E-state index contributed by atoms with van der Waals surface area (Å²) in [4.78, 5) is 14.4. The molecule has 1 aliphatic rings. The van der Waals surface area contributed by atoms with E-state index in [2.05, 4.69) is 32.2 Å². The average Bonchev–Trinajstić information content (AvgIpc) is 2.47. The van der Waals surface area contributed by atoms with E-state index in [4.69, 9.17) is 0 Å². The van der Waals surface area contributed by atoms with Crippen molar-refractivity contribution in [1.82, 2.24) is 0 Å². The predicted molar refractivity (Wildman–Crippen MR) is 88.7 cm³/mol. The van der Waals surface area contributed by atoms with E-state index in [0.717, 1.165) is 24.5 Å². The smallest absolute Gasteiger partial charge is 0.238 e. The molecule has 1 atom stereocenters. The van der Waals surface area contributed by atoms with Crippen molar-refractivity contribution in [2.24, 2.45) is 5.92 Å². The fourth-order valence-electron chi connectivity index (χ4n) is 2.49. The normalized spacial score (nSPS) is 17.1. The summed E-state index contributed by atoms with van der Waals surface area (Å²) >= 11 is 3.46. The lowest BCUT2D eigenvalue weighted by Crippen LogP contribution is -2.32. The molecule has 1 saturated heterocycles. The third-order valence-electron chi connectivity index (χ3n) is 3.69. The molecule has 1 fully saturated rings. The first-order valence-corrected chi connectivity index (χ1v) is 8.30. The second kappa shape index (κ2) is 7.11. The Morgan fingerprint density at radius 2 is 1.85 bits per heavy atom. The third-order valence-corrected chi connectivity index (χ3v) is 5.17. The first kappa shape index (κ1) is 15.4. The summed E-state index contributed by atoms with van der Waals surface area (Å²) in [6.45, 7) is 6.23. The van der Waals surface area contributed by atoms with Gasteiger partial charge in [-0.05, 0) is 37.3 Å². The molecule has 0 saturated carbocycles.